The highest BCUT2D eigenvalue weighted by Gasteiger charge is 2.21. The Kier molecular flexibility index (Phi) is 6.45. The second-order valence-corrected chi connectivity index (χ2v) is 5.78. The topological polar surface area (TPSA) is 41.1 Å². The molecule has 19 heavy (non-hydrogen) atoms. The number of carbonyl (C=O) groups excluding carboxylic acids is 1. The molecule has 0 aliphatic rings. The van der Waals surface area contributed by atoms with Crippen molar-refractivity contribution < 1.29 is 9.18 Å². The van der Waals surface area contributed by atoms with Crippen molar-refractivity contribution in [1.82, 2.24) is 10.6 Å². The van der Waals surface area contributed by atoms with Crippen LogP contribution in [0.3, 0.4) is 0 Å². The van der Waals surface area contributed by atoms with Crippen LogP contribution in [0, 0.1) is 17.7 Å². The SMILES string of the molecule is CNCC(C(=O)NCc1cc(Br)ccc1F)C(C)C. The average molecular weight is 331 g/mol. The minimum atomic E-state index is -0.307. The number of hydrogen-bond acceptors (Lipinski definition) is 2. The summed E-state index contributed by atoms with van der Waals surface area (Å²) in [5, 5.41) is 5.80. The quantitative estimate of drug-likeness (QED) is 0.842. The second kappa shape index (κ2) is 7.60. The molecular weight excluding hydrogens is 311 g/mol. The fourth-order valence-corrected chi connectivity index (χ4v) is 2.25. The summed E-state index contributed by atoms with van der Waals surface area (Å²) in [7, 11) is 1.82. The van der Waals surface area contributed by atoms with Crippen molar-refractivity contribution in [3.05, 3.63) is 34.1 Å². The first-order valence-electron chi connectivity index (χ1n) is 6.32. The molecule has 0 saturated heterocycles. The van der Waals surface area contributed by atoms with Crippen molar-refractivity contribution in [3.8, 4) is 0 Å². The summed E-state index contributed by atoms with van der Waals surface area (Å²) < 4.78 is 14.3. The number of rotatable bonds is 6. The van der Waals surface area contributed by atoms with E-state index < -0.39 is 0 Å². The molecule has 3 nitrogen and oxygen atoms in total. The molecular formula is C14H20BrFN2O. The van der Waals surface area contributed by atoms with E-state index >= 15 is 0 Å². The number of nitrogens with one attached hydrogen (secondary N) is 2. The van der Waals surface area contributed by atoms with Gasteiger partial charge < -0.3 is 10.6 Å². The molecule has 1 amide bonds. The van der Waals surface area contributed by atoms with Gasteiger partial charge in [-0.3, -0.25) is 4.79 Å². The van der Waals surface area contributed by atoms with E-state index in [9.17, 15) is 9.18 Å². The number of benzene rings is 1. The first kappa shape index (κ1) is 16.1. The monoisotopic (exact) mass is 330 g/mol. The van der Waals surface area contributed by atoms with Gasteiger partial charge in [-0.25, -0.2) is 4.39 Å². The van der Waals surface area contributed by atoms with Crippen LogP contribution in [-0.2, 0) is 11.3 Å². The van der Waals surface area contributed by atoms with Gasteiger partial charge in [-0.15, -0.1) is 0 Å². The maximum Gasteiger partial charge on any atom is 0.224 e. The van der Waals surface area contributed by atoms with Crippen LogP contribution in [0.15, 0.2) is 22.7 Å². The van der Waals surface area contributed by atoms with Crippen molar-refractivity contribution in [2.45, 2.75) is 20.4 Å². The standard InChI is InChI=1S/C14H20BrFN2O/c1-9(2)12(8-17-3)14(19)18-7-10-6-11(15)4-5-13(10)16/h4-6,9,12,17H,7-8H2,1-3H3,(H,18,19). The predicted octanol–water partition coefficient (Wildman–Crippen LogP) is 2.70. The molecule has 0 aromatic heterocycles. The van der Waals surface area contributed by atoms with Gasteiger partial charge in [-0.1, -0.05) is 29.8 Å². The van der Waals surface area contributed by atoms with Gasteiger partial charge in [0.1, 0.15) is 5.82 Å². The Morgan fingerprint density at radius 1 is 1.42 bits per heavy atom. The smallest absolute Gasteiger partial charge is 0.224 e. The average Bonchev–Trinajstić information content (AvgIpc) is 2.36. The third-order valence-corrected chi connectivity index (χ3v) is 3.52. The maximum absolute atomic E-state index is 13.5. The van der Waals surface area contributed by atoms with Crippen molar-refractivity contribution >= 4 is 21.8 Å². The minimum absolute atomic E-state index is 0.0521. The zero-order chi connectivity index (χ0) is 14.4. The molecule has 1 aromatic rings. The van der Waals surface area contributed by atoms with Crippen molar-refractivity contribution in [2.75, 3.05) is 13.6 Å². The van der Waals surface area contributed by atoms with Gasteiger partial charge in [0.2, 0.25) is 5.91 Å². The van der Waals surface area contributed by atoms with E-state index in [4.69, 9.17) is 0 Å². The van der Waals surface area contributed by atoms with E-state index in [1.54, 1.807) is 12.1 Å². The van der Waals surface area contributed by atoms with E-state index in [1.165, 1.54) is 6.07 Å². The highest BCUT2D eigenvalue weighted by Crippen LogP contribution is 2.16. The minimum Gasteiger partial charge on any atom is -0.352 e. The number of halogens is 2. The Bertz CT molecular complexity index is 437. The molecule has 106 valence electrons. The van der Waals surface area contributed by atoms with Crippen LogP contribution < -0.4 is 10.6 Å². The van der Waals surface area contributed by atoms with Crippen LogP contribution in [0.4, 0.5) is 4.39 Å². The van der Waals surface area contributed by atoms with Crippen LogP contribution in [0.5, 0.6) is 0 Å². The zero-order valence-corrected chi connectivity index (χ0v) is 13.1. The summed E-state index contributed by atoms with van der Waals surface area (Å²) in [6.45, 7) is 4.82. The molecule has 1 aromatic carbocycles. The van der Waals surface area contributed by atoms with Gasteiger partial charge in [0.05, 0.1) is 5.92 Å². The fourth-order valence-electron chi connectivity index (χ4n) is 1.84. The van der Waals surface area contributed by atoms with Gasteiger partial charge in [0.15, 0.2) is 0 Å². The lowest BCUT2D eigenvalue weighted by Gasteiger charge is -2.20. The fraction of sp³-hybridized carbons (Fsp3) is 0.500. The largest absolute Gasteiger partial charge is 0.352 e. The highest BCUT2D eigenvalue weighted by molar-refractivity contribution is 9.10. The summed E-state index contributed by atoms with van der Waals surface area (Å²) in [5.41, 5.74) is 0.481. The molecule has 0 bridgehead atoms. The third-order valence-electron chi connectivity index (χ3n) is 3.03. The molecule has 0 aliphatic carbocycles. The molecule has 1 unspecified atom stereocenters. The van der Waals surface area contributed by atoms with E-state index in [-0.39, 0.29) is 30.1 Å². The van der Waals surface area contributed by atoms with Crippen LogP contribution in [-0.4, -0.2) is 19.5 Å². The second-order valence-electron chi connectivity index (χ2n) is 4.86. The summed E-state index contributed by atoms with van der Waals surface area (Å²) >= 11 is 3.29. The number of amides is 1. The van der Waals surface area contributed by atoms with E-state index in [2.05, 4.69) is 26.6 Å². The maximum atomic E-state index is 13.5. The van der Waals surface area contributed by atoms with E-state index in [0.29, 0.717) is 12.1 Å². The Morgan fingerprint density at radius 3 is 2.68 bits per heavy atom. The highest BCUT2D eigenvalue weighted by atomic mass is 79.9. The van der Waals surface area contributed by atoms with Crippen LogP contribution in [0.2, 0.25) is 0 Å². The molecule has 1 atom stereocenters. The molecule has 0 saturated carbocycles. The number of carbonyl (C=O) groups is 1. The molecule has 5 heteroatoms. The van der Waals surface area contributed by atoms with Crippen LogP contribution in [0.25, 0.3) is 0 Å². The van der Waals surface area contributed by atoms with E-state index in [0.717, 1.165) is 4.47 Å². The lowest BCUT2D eigenvalue weighted by Crippen LogP contribution is -2.38. The normalized spacial score (nSPS) is 12.5. The third kappa shape index (κ3) is 4.91. The Balaban J connectivity index is 2.64. The summed E-state index contributed by atoms with van der Waals surface area (Å²) in [5.74, 6) is -0.234. The van der Waals surface area contributed by atoms with Crippen LogP contribution in [0.1, 0.15) is 19.4 Å². The Morgan fingerprint density at radius 2 is 2.11 bits per heavy atom. The predicted molar refractivity (Wildman–Crippen MR) is 78.2 cm³/mol. The lowest BCUT2D eigenvalue weighted by atomic mass is 9.95. The van der Waals surface area contributed by atoms with Crippen molar-refractivity contribution in [1.29, 1.82) is 0 Å². The van der Waals surface area contributed by atoms with Crippen molar-refractivity contribution in [2.24, 2.45) is 11.8 Å². The Labute approximate surface area is 122 Å². The Hall–Kier alpha value is -0.940. The molecule has 0 heterocycles. The molecule has 0 spiro atoms. The van der Waals surface area contributed by atoms with E-state index in [1.807, 2.05) is 20.9 Å². The van der Waals surface area contributed by atoms with Gasteiger partial charge in [0.25, 0.3) is 0 Å². The summed E-state index contributed by atoms with van der Waals surface area (Å²) in [6, 6.07) is 4.70. The molecule has 0 aliphatic heterocycles. The first-order valence-corrected chi connectivity index (χ1v) is 7.11. The molecule has 2 N–H and O–H groups in total. The van der Waals surface area contributed by atoms with Gasteiger partial charge >= 0.3 is 0 Å². The van der Waals surface area contributed by atoms with Crippen LogP contribution >= 0.6 is 15.9 Å². The molecule has 1 rings (SSSR count). The van der Waals surface area contributed by atoms with Gasteiger partial charge in [-0.05, 0) is 31.2 Å². The molecule has 0 radical (unpaired) electrons. The molecule has 0 fully saturated rings. The zero-order valence-electron chi connectivity index (χ0n) is 11.5. The number of hydrogen-bond donors (Lipinski definition) is 2. The first-order chi connectivity index (χ1) is 8.95. The summed E-state index contributed by atoms with van der Waals surface area (Å²) in [4.78, 5) is 12.1. The van der Waals surface area contributed by atoms with Gasteiger partial charge in [0, 0.05) is 23.1 Å². The summed E-state index contributed by atoms with van der Waals surface area (Å²) in [6.07, 6.45) is 0. The lowest BCUT2D eigenvalue weighted by molar-refractivity contribution is -0.126. The van der Waals surface area contributed by atoms with Gasteiger partial charge in [-0.2, -0.15) is 0 Å². The van der Waals surface area contributed by atoms with Crippen molar-refractivity contribution in [3.63, 3.8) is 0 Å².